The van der Waals surface area contributed by atoms with Crippen molar-refractivity contribution in [1.82, 2.24) is 5.06 Å². The van der Waals surface area contributed by atoms with Crippen LogP contribution in [-0.2, 0) is 14.4 Å². The predicted octanol–water partition coefficient (Wildman–Crippen LogP) is 9.55. The second-order valence-electron chi connectivity index (χ2n) is 25.2. The molecule has 3 aliphatic heterocycles. The molecule has 0 bridgehead atoms. The number of ketones is 1. The summed E-state index contributed by atoms with van der Waals surface area (Å²) in [6.07, 6.45) is 23.4. The Morgan fingerprint density at radius 2 is 1.11 bits per heavy atom. The van der Waals surface area contributed by atoms with E-state index in [1.165, 1.54) is 95.0 Å². The molecule has 2 aromatic rings. The molecule has 13 rings (SSSR count). The predicted molar refractivity (Wildman–Crippen MR) is 290 cm³/mol. The maximum absolute atomic E-state index is 13.6. The third-order valence-corrected chi connectivity index (χ3v) is 21.4. The summed E-state index contributed by atoms with van der Waals surface area (Å²) in [5.74, 6) is 11.4. The van der Waals surface area contributed by atoms with Crippen LogP contribution in [0.3, 0.4) is 0 Å². The van der Waals surface area contributed by atoms with Gasteiger partial charge in [-0.2, -0.15) is 12.1 Å². The van der Waals surface area contributed by atoms with Crippen LogP contribution in [-0.4, -0.2) is 102 Å². The van der Waals surface area contributed by atoms with E-state index in [0.717, 1.165) is 116 Å². The maximum atomic E-state index is 13.6. The van der Waals surface area contributed by atoms with E-state index in [-0.39, 0.29) is 90.3 Å². The van der Waals surface area contributed by atoms with E-state index in [1.807, 2.05) is 38.1 Å². The topological polar surface area (TPSA) is 133 Å². The van der Waals surface area contributed by atoms with Gasteiger partial charge in [0.1, 0.15) is 0 Å². The molecule has 416 valence electrons. The van der Waals surface area contributed by atoms with Gasteiger partial charge >= 0.3 is 23.1 Å². The van der Waals surface area contributed by atoms with Crippen LogP contribution in [0.15, 0.2) is 36.4 Å². The Hall–Kier alpha value is -2.13. The Balaban J connectivity index is 0.000000187. The minimum absolute atomic E-state index is 0. The molecule has 16 atom stereocenters. The molecule has 0 spiro atoms. The van der Waals surface area contributed by atoms with Crippen molar-refractivity contribution in [3.05, 3.63) is 48.0 Å². The molecular weight excluding hydrogens is 1020 g/mol. The van der Waals surface area contributed by atoms with E-state index in [4.69, 9.17) is 28.5 Å². The zero-order valence-corrected chi connectivity index (χ0v) is 48.1. The van der Waals surface area contributed by atoms with E-state index < -0.39 is 11.2 Å². The van der Waals surface area contributed by atoms with E-state index in [0.29, 0.717) is 36.1 Å². The number of fused-ring (bicyclic) bond motifs is 12. The molecule has 0 radical (unpaired) electrons. The Kier molecular flexibility index (Phi) is 21.1. The molecule has 11 nitrogen and oxygen atoms in total. The number of aliphatic hydroxyl groups is 2. The van der Waals surface area contributed by atoms with Gasteiger partial charge < -0.3 is 50.9 Å². The summed E-state index contributed by atoms with van der Waals surface area (Å²) in [6.45, 7) is 11.5. The van der Waals surface area contributed by atoms with Crippen LogP contribution in [0.2, 0.25) is 0 Å². The molecule has 0 aromatic heterocycles. The number of carbonyl (C=O) groups excluding carboxylic acids is 2. The van der Waals surface area contributed by atoms with Gasteiger partial charge in [0.25, 0.3) is 0 Å². The SMILES string of the molecule is C.C.C1CCOC1.CON(C)C(=O)[C@H]1CC[C@H]2[C@@H]3CC[C@@H]4C[C@](C)(O)CC[C@@H]4[C@H]3CC[C@]12C.C[C@@]1(O)CC[C@H]2[C@H](CC[C@@H]3[C@@H]2CC[C@]2(C)[C@@H](C(=O)c4ccc5c(c4)OCO5)CC[C@@H]32)C1.[Br-].[Mg+2].[c-]1ccc2c(c1)OCO2. The van der Waals surface area contributed by atoms with Crippen molar-refractivity contribution in [3.8, 4) is 23.0 Å². The summed E-state index contributed by atoms with van der Waals surface area (Å²) in [7, 11) is 3.34. The van der Waals surface area contributed by atoms with Crippen LogP contribution in [0.5, 0.6) is 23.0 Å². The smallest absolute Gasteiger partial charge is 1.00 e. The number of rotatable bonds is 4. The van der Waals surface area contributed by atoms with E-state index >= 15 is 0 Å². The van der Waals surface area contributed by atoms with Crippen LogP contribution in [0.1, 0.15) is 181 Å². The van der Waals surface area contributed by atoms with E-state index in [2.05, 4.69) is 19.9 Å². The van der Waals surface area contributed by atoms with Crippen molar-refractivity contribution in [2.24, 2.45) is 81.8 Å². The molecule has 8 saturated carbocycles. The normalized spacial score (nSPS) is 39.6. The monoisotopic (exact) mass is 1120 g/mol. The standard InChI is InChI=1S/C27H36O4.C22H37NO3.C7H5O2.C4H8O.2CH4.BrH.Mg/c1-26(29)11-9-18-17(14-26)3-5-20-19(18)10-12-27(2)21(20)6-7-22(27)25(28)16-4-8-23-24(13-16)31-15-30-23;1-21(25)11-9-15-14(13-21)5-6-17-16(15)10-12-22(2)18(17)7-8-19(22)20(24)23(3)26-4;1-2-4-7-6(3-1)8-5-9-7;1-2-4-5-3-1;;;;/h4,8,13,17-22,29H,3,5-7,9-12,14-15H2,1-2H3;14-19,25H,5-13H2,1-4H3;1,3-4H,5H2;1-4H2;2*1H4;1H;/q;;-1;;;;;+2/p-1/t17-,18+,19-,20-,21+,22-,26-,27+;14-,15+,16-,17-,18+,19-,21-,22+;;;;;;/m11....../s1. The van der Waals surface area contributed by atoms with Gasteiger partial charge in [-0.05, 0) is 230 Å². The largest absolute Gasteiger partial charge is 2.00 e. The number of benzene rings is 2. The number of hydrogen-bond acceptors (Lipinski definition) is 10. The maximum Gasteiger partial charge on any atom is 2.00 e. The number of carbonyl (C=O) groups is 2. The molecule has 8 aliphatic carbocycles. The fourth-order valence-corrected chi connectivity index (χ4v) is 17.9. The van der Waals surface area contributed by atoms with Gasteiger partial charge in [0, 0.05) is 37.7 Å². The number of Topliss-reactive ketones (excluding diaryl/α,β-unsaturated/α-hetero) is 1. The van der Waals surface area contributed by atoms with Crippen LogP contribution in [0.4, 0.5) is 0 Å². The van der Waals surface area contributed by atoms with Crippen molar-refractivity contribution in [2.75, 3.05) is 41.0 Å². The molecule has 2 aromatic carbocycles. The molecule has 9 fully saturated rings. The number of hydrogen-bond donors (Lipinski definition) is 2. The third kappa shape index (κ3) is 12.6. The number of amides is 1. The first-order valence-electron chi connectivity index (χ1n) is 28.1. The fraction of sp³-hybridized carbons (Fsp3) is 0.774. The van der Waals surface area contributed by atoms with Crippen molar-refractivity contribution in [1.29, 1.82) is 0 Å². The summed E-state index contributed by atoms with van der Waals surface area (Å²) in [6, 6.07) is 14.0. The zero-order chi connectivity index (χ0) is 49.7. The van der Waals surface area contributed by atoms with E-state index in [9.17, 15) is 19.8 Å². The number of hydroxylamine groups is 2. The summed E-state index contributed by atoms with van der Waals surface area (Å²) >= 11 is 0. The van der Waals surface area contributed by atoms with Crippen molar-refractivity contribution >= 4 is 34.7 Å². The molecule has 1 saturated heterocycles. The molecule has 2 N–H and O–H groups in total. The van der Waals surface area contributed by atoms with E-state index in [1.54, 1.807) is 26.3 Å². The summed E-state index contributed by atoms with van der Waals surface area (Å²) in [5.41, 5.74) is 0.176. The van der Waals surface area contributed by atoms with Crippen LogP contribution in [0, 0.1) is 87.9 Å². The Morgan fingerprint density at radius 3 is 1.63 bits per heavy atom. The van der Waals surface area contributed by atoms with Crippen LogP contribution in [0.25, 0.3) is 0 Å². The summed E-state index contributed by atoms with van der Waals surface area (Å²) in [4.78, 5) is 31.7. The fourth-order valence-electron chi connectivity index (χ4n) is 17.9. The number of ether oxygens (including phenoxy) is 5. The van der Waals surface area contributed by atoms with Crippen molar-refractivity contribution < 1.29 is 65.3 Å². The van der Waals surface area contributed by atoms with Gasteiger partial charge in [-0.25, -0.2) is 5.06 Å². The summed E-state index contributed by atoms with van der Waals surface area (Å²) in [5, 5.41) is 22.6. The van der Waals surface area contributed by atoms with Gasteiger partial charge in [-0.3, -0.25) is 14.4 Å². The van der Waals surface area contributed by atoms with Crippen LogP contribution >= 0.6 is 0 Å². The minimum Gasteiger partial charge on any atom is -1.00 e. The van der Waals surface area contributed by atoms with Crippen molar-refractivity contribution in [3.63, 3.8) is 0 Å². The first-order chi connectivity index (χ1) is 34.1. The second kappa shape index (κ2) is 25.5. The molecular formula is C62H94BrMgNO10. The molecule has 3 heterocycles. The number of nitrogens with zero attached hydrogens (tertiary/aromatic N) is 1. The van der Waals surface area contributed by atoms with Gasteiger partial charge in [0.15, 0.2) is 17.3 Å². The first-order valence-corrected chi connectivity index (χ1v) is 28.1. The average Bonchev–Trinajstić information content (AvgIpc) is 4.23. The Bertz CT molecular complexity index is 2170. The Morgan fingerprint density at radius 1 is 0.613 bits per heavy atom. The molecule has 11 aliphatic rings. The second-order valence-corrected chi connectivity index (χ2v) is 25.2. The van der Waals surface area contributed by atoms with Crippen LogP contribution < -0.4 is 35.9 Å². The first kappa shape index (κ1) is 62.1. The minimum atomic E-state index is -0.452. The van der Waals surface area contributed by atoms with Gasteiger partial charge in [0.05, 0.1) is 29.8 Å². The molecule has 1 amide bonds. The molecule has 13 heteroatoms. The van der Waals surface area contributed by atoms with Gasteiger partial charge in [-0.15, -0.1) is 12.1 Å². The zero-order valence-electron chi connectivity index (χ0n) is 45.1. The number of halogens is 1. The van der Waals surface area contributed by atoms with Gasteiger partial charge in [-0.1, -0.05) is 28.7 Å². The average molecular weight is 1120 g/mol. The quantitative estimate of drug-likeness (QED) is 0.132. The third-order valence-electron chi connectivity index (χ3n) is 21.4. The van der Waals surface area contributed by atoms with Gasteiger partial charge in [0.2, 0.25) is 19.5 Å². The molecule has 75 heavy (non-hydrogen) atoms. The Labute approximate surface area is 478 Å². The van der Waals surface area contributed by atoms with Crippen molar-refractivity contribution in [2.45, 2.75) is 182 Å². The summed E-state index contributed by atoms with van der Waals surface area (Å²) < 4.78 is 26.0. The molecule has 0 unspecified atom stereocenters.